The third-order valence-electron chi connectivity index (χ3n) is 7.43. The Morgan fingerprint density at radius 2 is 1.97 bits per heavy atom. The van der Waals surface area contributed by atoms with Crippen molar-refractivity contribution in [2.24, 2.45) is 11.3 Å². The average molecular weight is 423 g/mol. The Morgan fingerprint density at radius 1 is 1.26 bits per heavy atom. The number of hydrogen-bond acceptors (Lipinski definition) is 3. The summed E-state index contributed by atoms with van der Waals surface area (Å²) in [5.74, 6) is 0.680. The molecule has 4 rings (SSSR count). The Balaban J connectivity index is 1.53. The molecule has 2 aliphatic rings. The van der Waals surface area contributed by atoms with Crippen LogP contribution >= 0.6 is 0 Å². The number of benzene rings is 1. The molecule has 1 aliphatic carbocycles. The summed E-state index contributed by atoms with van der Waals surface area (Å²) in [5.41, 5.74) is 3.63. The van der Waals surface area contributed by atoms with E-state index in [9.17, 15) is 9.59 Å². The monoisotopic (exact) mass is 422 g/mol. The van der Waals surface area contributed by atoms with E-state index in [1.165, 1.54) is 0 Å². The minimum absolute atomic E-state index is 0.00133. The van der Waals surface area contributed by atoms with Gasteiger partial charge >= 0.3 is 0 Å². The lowest BCUT2D eigenvalue weighted by atomic mass is 9.66. The summed E-state index contributed by atoms with van der Waals surface area (Å²) in [6, 6.07) is 7.85. The lowest BCUT2D eigenvalue weighted by molar-refractivity contribution is -0.125. The van der Waals surface area contributed by atoms with Crippen LogP contribution in [0.1, 0.15) is 80.1 Å². The zero-order valence-corrected chi connectivity index (χ0v) is 19.1. The van der Waals surface area contributed by atoms with Crippen molar-refractivity contribution in [2.75, 3.05) is 0 Å². The first-order chi connectivity index (χ1) is 14.7. The number of aryl methyl sites for hydroxylation is 1. The lowest BCUT2D eigenvalue weighted by Crippen LogP contribution is -2.54. The Kier molecular flexibility index (Phi) is 5.67. The van der Waals surface area contributed by atoms with Crippen LogP contribution in [0.25, 0.3) is 0 Å². The highest BCUT2D eigenvalue weighted by Crippen LogP contribution is 2.47. The Labute approximate surface area is 184 Å². The molecule has 2 aromatic rings. The molecule has 0 radical (unpaired) electrons. The maximum atomic E-state index is 13.3. The molecule has 31 heavy (non-hydrogen) atoms. The van der Waals surface area contributed by atoms with Crippen molar-refractivity contribution in [3.05, 3.63) is 52.8 Å². The van der Waals surface area contributed by atoms with Crippen molar-refractivity contribution in [2.45, 2.75) is 78.4 Å². The van der Waals surface area contributed by atoms with Gasteiger partial charge in [0.05, 0.1) is 11.7 Å². The summed E-state index contributed by atoms with van der Waals surface area (Å²) in [6.07, 6.45) is 5.91. The normalized spacial score (nSPS) is 23.7. The van der Waals surface area contributed by atoms with Gasteiger partial charge in [-0.3, -0.25) is 14.7 Å². The van der Waals surface area contributed by atoms with Crippen LogP contribution in [0.4, 0.5) is 0 Å². The van der Waals surface area contributed by atoms with Crippen LogP contribution in [0.3, 0.4) is 0 Å². The zero-order valence-electron chi connectivity index (χ0n) is 19.1. The number of carbonyl (C=O) groups is 2. The number of hydrogen-bond donors (Lipinski definition) is 2. The molecule has 0 bridgehead atoms. The van der Waals surface area contributed by atoms with Gasteiger partial charge in [-0.1, -0.05) is 39.0 Å². The predicted molar refractivity (Wildman–Crippen MR) is 120 cm³/mol. The summed E-state index contributed by atoms with van der Waals surface area (Å²) >= 11 is 0. The molecule has 166 valence electrons. The van der Waals surface area contributed by atoms with Crippen LogP contribution in [0, 0.1) is 18.3 Å². The van der Waals surface area contributed by atoms with Gasteiger partial charge < -0.3 is 10.2 Å². The average Bonchev–Trinajstić information content (AvgIpc) is 3.29. The fourth-order valence-electron chi connectivity index (χ4n) is 5.31. The number of carbonyl (C=O) groups excluding carboxylic acids is 2. The van der Waals surface area contributed by atoms with Gasteiger partial charge in [-0.05, 0) is 55.6 Å². The predicted octanol–water partition coefficient (Wildman–Crippen LogP) is 4.36. The van der Waals surface area contributed by atoms with Gasteiger partial charge in [-0.2, -0.15) is 5.10 Å². The molecule has 0 atom stereocenters. The van der Waals surface area contributed by atoms with Crippen molar-refractivity contribution in [1.82, 2.24) is 20.4 Å². The van der Waals surface area contributed by atoms with E-state index in [1.54, 1.807) is 6.20 Å². The van der Waals surface area contributed by atoms with Crippen molar-refractivity contribution in [1.29, 1.82) is 0 Å². The van der Waals surface area contributed by atoms with Gasteiger partial charge in [0.2, 0.25) is 5.91 Å². The first-order valence-electron chi connectivity index (χ1n) is 11.3. The van der Waals surface area contributed by atoms with Crippen molar-refractivity contribution >= 4 is 11.8 Å². The minimum atomic E-state index is -0.423. The van der Waals surface area contributed by atoms with Gasteiger partial charge in [0, 0.05) is 36.3 Å². The number of fused-ring (bicyclic) bond motifs is 1. The molecule has 2 N–H and O–H groups in total. The molecule has 6 heteroatoms. The highest BCUT2D eigenvalue weighted by Gasteiger charge is 2.48. The van der Waals surface area contributed by atoms with Crippen LogP contribution in [-0.4, -0.2) is 32.5 Å². The van der Waals surface area contributed by atoms with E-state index in [0.29, 0.717) is 25.4 Å². The number of amides is 2. The number of aromatic nitrogens is 2. The van der Waals surface area contributed by atoms with E-state index in [4.69, 9.17) is 0 Å². The molecule has 1 aromatic heterocycles. The summed E-state index contributed by atoms with van der Waals surface area (Å²) < 4.78 is 0. The highest BCUT2D eigenvalue weighted by molar-refractivity contribution is 5.99. The molecular formula is C25H34N4O2. The largest absolute Gasteiger partial charge is 0.352 e. The second kappa shape index (κ2) is 8.13. The molecular weight excluding hydrogens is 388 g/mol. The van der Waals surface area contributed by atoms with E-state index in [1.807, 2.05) is 36.1 Å². The third-order valence-corrected chi connectivity index (χ3v) is 7.43. The molecule has 6 nitrogen and oxygen atoms in total. The highest BCUT2D eigenvalue weighted by atomic mass is 16.2. The quantitative estimate of drug-likeness (QED) is 0.752. The molecule has 2 heterocycles. The fourth-order valence-corrected chi connectivity index (χ4v) is 5.31. The molecule has 1 fully saturated rings. The Bertz CT molecular complexity index is 964. The van der Waals surface area contributed by atoms with Crippen LogP contribution in [0.5, 0.6) is 0 Å². The summed E-state index contributed by atoms with van der Waals surface area (Å²) in [7, 11) is 0. The van der Waals surface area contributed by atoms with E-state index in [-0.39, 0.29) is 17.2 Å². The topological polar surface area (TPSA) is 78.1 Å². The molecule has 0 saturated heterocycles. The summed E-state index contributed by atoms with van der Waals surface area (Å²) in [6.45, 7) is 9.88. The zero-order chi connectivity index (χ0) is 22.2. The first kappa shape index (κ1) is 21.6. The van der Waals surface area contributed by atoms with Crippen molar-refractivity contribution in [3.63, 3.8) is 0 Å². The number of nitrogens with zero attached hydrogens (tertiary/aromatic N) is 2. The maximum absolute atomic E-state index is 13.3. The maximum Gasteiger partial charge on any atom is 0.254 e. The number of nitrogens with one attached hydrogen (secondary N) is 2. The van der Waals surface area contributed by atoms with Crippen molar-refractivity contribution < 1.29 is 9.59 Å². The SMILES string of the molecule is Cc1[nH]ncc1CNC(=O)CC1(N2Cc3ccccc3C2=O)CCC(C(C)(C)C)CC1. The standard InChI is InChI=1S/C25H34N4O2/c1-17-19(15-27-28-17)14-26-22(30)13-25(11-9-20(10-12-25)24(2,3)4)29-16-18-7-5-6-8-21(18)23(29)31/h5-8,15,20H,9-14,16H2,1-4H3,(H,26,30)(H,27,28). The smallest absolute Gasteiger partial charge is 0.254 e. The molecule has 0 unspecified atom stereocenters. The van der Waals surface area contributed by atoms with Gasteiger partial charge in [-0.15, -0.1) is 0 Å². The first-order valence-corrected chi connectivity index (χ1v) is 11.3. The number of H-pyrrole nitrogens is 1. The van der Waals surface area contributed by atoms with E-state index in [2.05, 4.69) is 36.3 Å². The summed E-state index contributed by atoms with van der Waals surface area (Å²) in [4.78, 5) is 28.4. The number of aromatic amines is 1. The second-order valence-corrected chi connectivity index (χ2v) is 10.4. The van der Waals surface area contributed by atoms with Gasteiger partial charge in [0.1, 0.15) is 0 Å². The summed E-state index contributed by atoms with van der Waals surface area (Å²) in [5, 5.41) is 10.00. The molecule has 0 spiro atoms. The molecule has 1 aliphatic heterocycles. The van der Waals surface area contributed by atoms with E-state index >= 15 is 0 Å². The number of rotatable bonds is 5. The van der Waals surface area contributed by atoms with Crippen molar-refractivity contribution in [3.8, 4) is 0 Å². The minimum Gasteiger partial charge on any atom is -0.352 e. The Morgan fingerprint density at radius 3 is 2.58 bits per heavy atom. The third kappa shape index (κ3) is 4.25. The molecule has 1 saturated carbocycles. The fraction of sp³-hybridized carbons (Fsp3) is 0.560. The van der Waals surface area contributed by atoms with Gasteiger partial charge in [0.15, 0.2) is 0 Å². The lowest BCUT2D eigenvalue weighted by Gasteiger charge is -2.48. The van der Waals surface area contributed by atoms with E-state index < -0.39 is 5.54 Å². The molecule has 1 aromatic carbocycles. The van der Waals surface area contributed by atoms with Crippen LogP contribution in [0.15, 0.2) is 30.5 Å². The second-order valence-electron chi connectivity index (χ2n) is 10.4. The van der Waals surface area contributed by atoms with Crippen LogP contribution in [0.2, 0.25) is 0 Å². The Hall–Kier alpha value is -2.63. The van der Waals surface area contributed by atoms with Gasteiger partial charge in [-0.25, -0.2) is 0 Å². The van der Waals surface area contributed by atoms with Crippen LogP contribution < -0.4 is 5.32 Å². The van der Waals surface area contributed by atoms with Gasteiger partial charge in [0.25, 0.3) is 5.91 Å². The van der Waals surface area contributed by atoms with Crippen LogP contribution in [-0.2, 0) is 17.9 Å². The van der Waals surface area contributed by atoms with E-state index in [0.717, 1.165) is 48.1 Å². The molecule has 2 amide bonds.